The van der Waals surface area contributed by atoms with Gasteiger partial charge in [0.1, 0.15) is 17.5 Å². The maximum atomic E-state index is 14.1. The fourth-order valence-corrected chi connectivity index (χ4v) is 5.65. The van der Waals surface area contributed by atoms with Crippen LogP contribution < -0.4 is 35.2 Å². The normalized spacial score (nSPS) is 11.4. The number of carbonyl (C=O) groups is 4. The van der Waals surface area contributed by atoms with Crippen molar-refractivity contribution in [2.45, 2.75) is 93.4 Å². The summed E-state index contributed by atoms with van der Waals surface area (Å²) in [7, 11) is 1.50. The number of hydroxylamine groups is 2. The molecule has 4 amide bonds. The van der Waals surface area contributed by atoms with Crippen LogP contribution in [0.15, 0.2) is 67.1 Å². The van der Waals surface area contributed by atoms with E-state index in [2.05, 4.69) is 25.6 Å². The van der Waals surface area contributed by atoms with Gasteiger partial charge in [0, 0.05) is 49.1 Å². The molecule has 0 aliphatic heterocycles. The van der Waals surface area contributed by atoms with Crippen molar-refractivity contribution in [2.75, 3.05) is 27.9 Å². The molecule has 4 rings (SSSR count). The third kappa shape index (κ3) is 13.2. The van der Waals surface area contributed by atoms with Crippen LogP contribution in [0, 0.1) is 28.6 Å². The number of methoxy groups -OCH3 is 1. The molecule has 4 heterocycles. The molecule has 0 saturated heterocycles. The molecule has 0 fully saturated rings. The van der Waals surface area contributed by atoms with Crippen molar-refractivity contribution in [3.05, 3.63) is 78.5 Å². The first-order valence-electron chi connectivity index (χ1n) is 19.2. The SMILES string of the molecule is COc1ccc(NC(=O)CC(C)(C)c2ccc(ON(C(=O)CC(C)C)c3ccncc3ON(C(=O)CC(C)C)c3cccc(C#N)n3)c(NC(=O)CC(C)(C)C)n2)cn1. The number of nitrogens with zero attached hydrogens (tertiary/aromatic N) is 7. The number of hydrogen-bond acceptors (Lipinski definition) is 12. The van der Waals surface area contributed by atoms with E-state index in [0.29, 0.717) is 17.3 Å². The van der Waals surface area contributed by atoms with Gasteiger partial charge in [0.15, 0.2) is 17.4 Å². The van der Waals surface area contributed by atoms with E-state index in [-0.39, 0.29) is 89.3 Å². The van der Waals surface area contributed by atoms with Gasteiger partial charge in [-0.05, 0) is 53.6 Å². The van der Waals surface area contributed by atoms with Gasteiger partial charge in [-0.2, -0.15) is 5.26 Å². The van der Waals surface area contributed by atoms with Crippen LogP contribution in [0.2, 0.25) is 0 Å². The standard InChI is InChI=1S/C43H53N9O7/c1-27(2)20-39(55)51(31-18-19-45-26-33(31)59-52(40(56)21-28(3)4)35-13-11-12-29(24-44)47-35)58-32-15-16-34(49-41(32)50-36(53)22-42(5,6)7)43(8,9)23-37(54)48-30-14-17-38(57-10)46-25-30/h11-19,25-28H,20-23H2,1-10H3,(H,48,54)(H,49,50,53). The first kappa shape index (κ1) is 45.1. The summed E-state index contributed by atoms with van der Waals surface area (Å²) in [6, 6.07) is 14.6. The van der Waals surface area contributed by atoms with Crippen molar-refractivity contribution in [2.24, 2.45) is 17.3 Å². The summed E-state index contributed by atoms with van der Waals surface area (Å²) >= 11 is 0. The van der Waals surface area contributed by atoms with Crippen molar-refractivity contribution >= 4 is 46.6 Å². The minimum Gasteiger partial charge on any atom is -0.481 e. The quantitative estimate of drug-likeness (QED) is 0.0993. The van der Waals surface area contributed by atoms with E-state index in [1.165, 1.54) is 43.9 Å². The lowest BCUT2D eigenvalue weighted by molar-refractivity contribution is -0.123. The lowest BCUT2D eigenvalue weighted by atomic mass is 9.84. The maximum Gasteiger partial charge on any atom is 0.262 e. The molecular formula is C43H53N9O7. The minimum atomic E-state index is -0.853. The number of ether oxygens (including phenoxy) is 1. The van der Waals surface area contributed by atoms with E-state index in [9.17, 15) is 24.4 Å². The molecule has 4 aromatic heterocycles. The van der Waals surface area contributed by atoms with Gasteiger partial charge in [0.25, 0.3) is 11.8 Å². The van der Waals surface area contributed by atoms with Gasteiger partial charge in [-0.15, -0.1) is 10.1 Å². The summed E-state index contributed by atoms with van der Waals surface area (Å²) < 4.78 is 5.10. The zero-order valence-electron chi connectivity index (χ0n) is 35.3. The Balaban J connectivity index is 1.77. The number of anilines is 4. The highest BCUT2D eigenvalue weighted by atomic mass is 16.7. The van der Waals surface area contributed by atoms with Crippen LogP contribution >= 0.6 is 0 Å². The zero-order valence-corrected chi connectivity index (χ0v) is 35.3. The van der Waals surface area contributed by atoms with Gasteiger partial charge in [-0.1, -0.05) is 68.4 Å². The average Bonchev–Trinajstić information content (AvgIpc) is 3.15. The first-order valence-corrected chi connectivity index (χ1v) is 19.2. The van der Waals surface area contributed by atoms with E-state index in [1.807, 2.05) is 68.4 Å². The molecule has 16 nitrogen and oxygen atoms in total. The van der Waals surface area contributed by atoms with Crippen molar-refractivity contribution in [3.63, 3.8) is 0 Å². The predicted molar refractivity (Wildman–Crippen MR) is 222 cm³/mol. The Morgan fingerprint density at radius 2 is 1.44 bits per heavy atom. The number of rotatable bonds is 17. The second-order valence-electron chi connectivity index (χ2n) is 16.6. The van der Waals surface area contributed by atoms with Gasteiger partial charge in [0.2, 0.25) is 23.4 Å². The molecule has 312 valence electrons. The molecule has 0 saturated carbocycles. The average molecular weight is 808 g/mol. The number of carbonyl (C=O) groups excluding carboxylic acids is 4. The molecule has 0 aliphatic rings. The fourth-order valence-electron chi connectivity index (χ4n) is 5.65. The summed E-state index contributed by atoms with van der Waals surface area (Å²) in [5.41, 5.74) is -0.146. The smallest absolute Gasteiger partial charge is 0.262 e. The van der Waals surface area contributed by atoms with Crippen LogP contribution in [0.1, 0.15) is 99.4 Å². The topological polar surface area (TPSA) is 202 Å². The Labute approximate surface area is 345 Å². The van der Waals surface area contributed by atoms with Gasteiger partial charge in [0.05, 0.1) is 25.2 Å². The molecule has 0 spiro atoms. The number of amides is 4. The summed E-state index contributed by atoms with van der Waals surface area (Å²) in [4.78, 5) is 84.4. The molecule has 0 atom stereocenters. The van der Waals surface area contributed by atoms with Crippen LogP contribution in [0.4, 0.5) is 23.0 Å². The number of aromatic nitrogens is 4. The van der Waals surface area contributed by atoms with Crippen LogP contribution in [-0.4, -0.2) is 50.7 Å². The molecule has 2 N–H and O–H groups in total. The van der Waals surface area contributed by atoms with Crippen LogP contribution in [-0.2, 0) is 24.6 Å². The second kappa shape index (κ2) is 19.7. The predicted octanol–water partition coefficient (Wildman–Crippen LogP) is 7.57. The molecule has 0 aromatic carbocycles. The molecular weight excluding hydrogens is 755 g/mol. The maximum absolute atomic E-state index is 14.1. The van der Waals surface area contributed by atoms with E-state index >= 15 is 0 Å². The molecule has 0 unspecified atom stereocenters. The summed E-state index contributed by atoms with van der Waals surface area (Å²) in [5, 5.41) is 17.2. The summed E-state index contributed by atoms with van der Waals surface area (Å²) in [5.74, 6) is -1.32. The van der Waals surface area contributed by atoms with Crippen LogP contribution in [0.25, 0.3) is 0 Å². The van der Waals surface area contributed by atoms with E-state index in [4.69, 9.17) is 19.4 Å². The molecule has 0 aliphatic carbocycles. The van der Waals surface area contributed by atoms with Gasteiger partial charge in [-0.25, -0.2) is 15.0 Å². The van der Waals surface area contributed by atoms with E-state index in [0.717, 1.165) is 10.1 Å². The molecule has 16 heteroatoms. The van der Waals surface area contributed by atoms with Crippen molar-refractivity contribution in [1.82, 2.24) is 19.9 Å². The number of hydrogen-bond donors (Lipinski definition) is 2. The monoisotopic (exact) mass is 807 g/mol. The highest BCUT2D eigenvalue weighted by Crippen LogP contribution is 2.36. The number of pyridine rings is 4. The first-order chi connectivity index (χ1) is 27.8. The van der Waals surface area contributed by atoms with Crippen molar-refractivity contribution in [1.29, 1.82) is 5.26 Å². The van der Waals surface area contributed by atoms with Gasteiger partial charge in [-0.3, -0.25) is 24.2 Å². The molecule has 0 radical (unpaired) electrons. The Hall–Kier alpha value is -6.63. The Morgan fingerprint density at radius 1 is 0.780 bits per heavy atom. The third-order valence-electron chi connectivity index (χ3n) is 8.37. The van der Waals surface area contributed by atoms with E-state index in [1.54, 1.807) is 30.3 Å². The molecule has 4 aromatic rings. The largest absolute Gasteiger partial charge is 0.481 e. The fraction of sp³-hybridized carbons (Fsp3) is 0.419. The van der Waals surface area contributed by atoms with Crippen molar-refractivity contribution in [3.8, 4) is 23.4 Å². The molecule has 0 bridgehead atoms. The van der Waals surface area contributed by atoms with Crippen LogP contribution in [0.5, 0.6) is 17.4 Å². The zero-order chi connectivity index (χ0) is 43.5. The lowest BCUT2D eigenvalue weighted by Crippen LogP contribution is -2.39. The van der Waals surface area contributed by atoms with Gasteiger partial charge >= 0.3 is 0 Å². The highest BCUT2D eigenvalue weighted by molar-refractivity contribution is 5.95. The van der Waals surface area contributed by atoms with E-state index < -0.39 is 17.2 Å². The minimum absolute atomic E-state index is 0.00900. The van der Waals surface area contributed by atoms with Crippen LogP contribution in [0.3, 0.4) is 0 Å². The molecule has 59 heavy (non-hydrogen) atoms. The second-order valence-corrected chi connectivity index (χ2v) is 16.6. The lowest BCUT2D eigenvalue weighted by Gasteiger charge is -2.29. The Bertz CT molecular complexity index is 2160. The summed E-state index contributed by atoms with van der Waals surface area (Å²) in [6.45, 7) is 16.9. The Kier molecular flexibility index (Phi) is 15.0. The van der Waals surface area contributed by atoms with Gasteiger partial charge < -0.3 is 25.0 Å². The highest BCUT2D eigenvalue weighted by Gasteiger charge is 2.31. The third-order valence-corrected chi connectivity index (χ3v) is 8.37. The van der Waals surface area contributed by atoms with Crippen molar-refractivity contribution < 1.29 is 33.6 Å². The number of nitriles is 1. The Morgan fingerprint density at radius 3 is 2.05 bits per heavy atom. The summed E-state index contributed by atoms with van der Waals surface area (Å²) in [6.07, 6.45) is 4.50. The number of nitrogens with one attached hydrogen (secondary N) is 2.